The average Bonchev–Trinajstić information content (AvgIpc) is 3.30. The fraction of sp³-hybridized carbons (Fsp3) is 0.421. The van der Waals surface area contributed by atoms with Crippen molar-refractivity contribution in [2.45, 2.75) is 26.2 Å². The molecule has 1 amide bonds. The summed E-state index contributed by atoms with van der Waals surface area (Å²) >= 11 is 3.44. The van der Waals surface area contributed by atoms with Crippen molar-refractivity contribution in [3.8, 4) is 5.69 Å². The molecule has 1 aliphatic rings. The van der Waals surface area contributed by atoms with Gasteiger partial charge in [0, 0.05) is 23.8 Å². The number of esters is 1. The van der Waals surface area contributed by atoms with Crippen LogP contribution in [0.2, 0.25) is 0 Å². The van der Waals surface area contributed by atoms with Crippen molar-refractivity contribution >= 4 is 27.8 Å². The molecule has 0 saturated heterocycles. The number of hydrogen-bond donors (Lipinski definition) is 0. The SMILES string of the molecule is CCOC(=O)CCN(CC1CC1)C(=O)c1ccn(-c2cccc(Br)c2)n1. The van der Waals surface area contributed by atoms with Gasteiger partial charge < -0.3 is 9.64 Å². The molecule has 138 valence electrons. The Morgan fingerprint density at radius 1 is 1.35 bits per heavy atom. The molecule has 1 aliphatic carbocycles. The lowest BCUT2D eigenvalue weighted by Gasteiger charge is -2.21. The Morgan fingerprint density at radius 3 is 2.85 bits per heavy atom. The minimum absolute atomic E-state index is 0.144. The van der Waals surface area contributed by atoms with E-state index in [1.807, 2.05) is 24.3 Å². The number of amides is 1. The topological polar surface area (TPSA) is 64.4 Å². The molecule has 7 heteroatoms. The van der Waals surface area contributed by atoms with E-state index in [1.165, 1.54) is 0 Å². The minimum Gasteiger partial charge on any atom is -0.466 e. The Kier molecular flexibility index (Phi) is 6.08. The fourth-order valence-electron chi connectivity index (χ4n) is 2.71. The van der Waals surface area contributed by atoms with E-state index in [0.717, 1.165) is 23.0 Å². The molecule has 1 aromatic heterocycles. The predicted octanol–water partition coefficient (Wildman–Crippen LogP) is 3.44. The molecule has 0 unspecified atom stereocenters. The number of aromatic nitrogens is 2. The van der Waals surface area contributed by atoms with Crippen LogP contribution in [0.1, 0.15) is 36.7 Å². The van der Waals surface area contributed by atoms with Gasteiger partial charge in [-0.15, -0.1) is 0 Å². The van der Waals surface area contributed by atoms with Crippen LogP contribution < -0.4 is 0 Å². The van der Waals surface area contributed by atoms with Crippen LogP contribution in [0.5, 0.6) is 0 Å². The molecular weight excluding hydrogens is 398 g/mol. The summed E-state index contributed by atoms with van der Waals surface area (Å²) in [5, 5.41) is 4.42. The summed E-state index contributed by atoms with van der Waals surface area (Å²) in [5.74, 6) is 0.115. The molecule has 1 saturated carbocycles. The molecule has 3 rings (SSSR count). The van der Waals surface area contributed by atoms with Crippen molar-refractivity contribution in [2.24, 2.45) is 5.92 Å². The molecule has 1 aromatic carbocycles. The van der Waals surface area contributed by atoms with Gasteiger partial charge in [0.1, 0.15) is 0 Å². The summed E-state index contributed by atoms with van der Waals surface area (Å²) in [6.07, 6.45) is 4.25. The molecule has 0 atom stereocenters. The van der Waals surface area contributed by atoms with E-state index in [0.29, 0.717) is 31.3 Å². The number of carbonyl (C=O) groups excluding carboxylic acids is 2. The Morgan fingerprint density at radius 2 is 2.15 bits per heavy atom. The van der Waals surface area contributed by atoms with Crippen molar-refractivity contribution in [1.29, 1.82) is 0 Å². The van der Waals surface area contributed by atoms with Gasteiger partial charge in [-0.2, -0.15) is 5.10 Å². The highest BCUT2D eigenvalue weighted by Crippen LogP contribution is 2.30. The standard InChI is InChI=1S/C19H22BrN3O3/c1-2-26-18(24)9-10-22(13-14-6-7-14)19(25)17-8-11-23(21-17)16-5-3-4-15(20)12-16/h3-5,8,11-12,14H,2,6-7,9-10,13H2,1H3. The number of benzene rings is 1. The van der Waals surface area contributed by atoms with E-state index in [-0.39, 0.29) is 18.3 Å². The fourth-order valence-corrected chi connectivity index (χ4v) is 3.10. The van der Waals surface area contributed by atoms with Gasteiger partial charge >= 0.3 is 5.97 Å². The van der Waals surface area contributed by atoms with E-state index >= 15 is 0 Å². The van der Waals surface area contributed by atoms with Crippen LogP contribution in [0.3, 0.4) is 0 Å². The molecule has 0 aliphatic heterocycles. The first-order valence-corrected chi connectivity index (χ1v) is 9.62. The lowest BCUT2D eigenvalue weighted by molar-refractivity contribution is -0.143. The number of carbonyl (C=O) groups is 2. The lowest BCUT2D eigenvalue weighted by atomic mass is 10.3. The van der Waals surface area contributed by atoms with Crippen LogP contribution in [0.25, 0.3) is 5.69 Å². The third kappa shape index (κ3) is 4.94. The maximum atomic E-state index is 12.9. The summed E-state index contributed by atoms with van der Waals surface area (Å²) in [6.45, 7) is 3.16. The summed E-state index contributed by atoms with van der Waals surface area (Å²) in [6, 6.07) is 9.43. The number of ether oxygens (including phenoxy) is 1. The van der Waals surface area contributed by atoms with E-state index in [2.05, 4.69) is 21.0 Å². The smallest absolute Gasteiger partial charge is 0.307 e. The van der Waals surface area contributed by atoms with Gasteiger partial charge in [-0.3, -0.25) is 9.59 Å². The highest BCUT2D eigenvalue weighted by atomic mass is 79.9. The molecule has 1 fully saturated rings. The highest BCUT2D eigenvalue weighted by molar-refractivity contribution is 9.10. The second-order valence-corrected chi connectivity index (χ2v) is 7.29. The van der Waals surface area contributed by atoms with Crippen LogP contribution in [0, 0.1) is 5.92 Å². The summed E-state index contributed by atoms with van der Waals surface area (Å²) < 4.78 is 7.60. The molecule has 0 bridgehead atoms. The van der Waals surface area contributed by atoms with E-state index in [4.69, 9.17) is 4.74 Å². The van der Waals surface area contributed by atoms with E-state index in [1.54, 1.807) is 28.8 Å². The van der Waals surface area contributed by atoms with Gasteiger partial charge in [-0.05, 0) is 49.9 Å². The Balaban J connectivity index is 1.70. The third-order valence-corrected chi connectivity index (χ3v) is 4.73. The summed E-state index contributed by atoms with van der Waals surface area (Å²) in [5.41, 5.74) is 1.26. The van der Waals surface area contributed by atoms with Crippen LogP contribution in [0.15, 0.2) is 41.0 Å². The molecular formula is C19H22BrN3O3. The first kappa shape index (κ1) is 18.6. The third-order valence-electron chi connectivity index (χ3n) is 4.23. The maximum Gasteiger partial charge on any atom is 0.307 e. The Hall–Kier alpha value is -2.15. The Bertz CT molecular complexity index is 786. The normalized spacial score (nSPS) is 13.5. The van der Waals surface area contributed by atoms with Crippen molar-refractivity contribution in [2.75, 3.05) is 19.7 Å². The zero-order valence-electron chi connectivity index (χ0n) is 14.7. The number of rotatable bonds is 8. The number of nitrogens with zero attached hydrogens (tertiary/aromatic N) is 3. The predicted molar refractivity (Wildman–Crippen MR) is 101 cm³/mol. The summed E-state index contributed by atoms with van der Waals surface area (Å²) in [4.78, 5) is 26.2. The molecule has 0 radical (unpaired) electrons. The van der Waals surface area contributed by atoms with Crippen molar-refractivity contribution < 1.29 is 14.3 Å². The van der Waals surface area contributed by atoms with Crippen LogP contribution >= 0.6 is 15.9 Å². The van der Waals surface area contributed by atoms with E-state index in [9.17, 15) is 9.59 Å². The monoisotopic (exact) mass is 419 g/mol. The van der Waals surface area contributed by atoms with Crippen LogP contribution in [-0.4, -0.2) is 46.3 Å². The molecule has 0 spiro atoms. The Labute approximate surface area is 161 Å². The lowest BCUT2D eigenvalue weighted by Crippen LogP contribution is -2.35. The first-order valence-electron chi connectivity index (χ1n) is 8.83. The highest BCUT2D eigenvalue weighted by Gasteiger charge is 2.28. The quantitative estimate of drug-likeness (QED) is 0.614. The molecule has 6 nitrogen and oxygen atoms in total. The number of halogens is 1. The van der Waals surface area contributed by atoms with Gasteiger partial charge in [-0.1, -0.05) is 22.0 Å². The first-order chi connectivity index (χ1) is 12.6. The van der Waals surface area contributed by atoms with Gasteiger partial charge in [0.25, 0.3) is 5.91 Å². The van der Waals surface area contributed by atoms with Gasteiger partial charge in [0.05, 0.1) is 18.7 Å². The number of hydrogen-bond acceptors (Lipinski definition) is 4. The second kappa shape index (κ2) is 8.49. The maximum absolute atomic E-state index is 12.9. The van der Waals surface area contributed by atoms with Crippen LogP contribution in [-0.2, 0) is 9.53 Å². The van der Waals surface area contributed by atoms with Crippen molar-refractivity contribution in [3.63, 3.8) is 0 Å². The van der Waals surface area contributed by atoms with Gasteiger partial charge in [0.15, 0.2) is 5.69 Å². The van der Waals surface area contributed by atoms with Crippen LogP contribution in [0.4, 0.5) is 0 Å². The average molecular weight is 420 g/mol. The van der Waals surface area contributed by atoms with Gasteiger partial charge in [0.2, 0.25) is 0 Å². The van der Waals surface area contributed by atoms with Crippen molar-refractivity contribution in [1.82, 2.24) is 14.7 Å². The van der Waals surface area contributed by atoms with E-state index < -0.39 is 0 Å². The van der Waals surface area contributed by atoms with Crippen molar-refractivity contribution in [3.05, 3.63) is 46.7 Å². The summed E-state index contributed by atoms with van der Waals surface area (Å²) in [7, 11) is 0. The second-order valence-electron chi connectivity index (χ2n) is 6.37. The largest absolute Gasteiger partial charge is 0.466 e. The minimum atomic E-state index is -0.277. The zero-order valence-corrected chi connectivity index (χ0v) is 16.3. The molecule has 26 heavy (non-hydrogen) atoms. The van der Waals surface area contributed by atoms with Gasteiger partial charge in [-0.25, -0.2) is 4.68 Å². The molecule has 1 heterocycles. The molecule has 2 aromatic rings. The zero-order chi connectivity index (χ0) is 18.5. The molecule has 0 N–H and O–H groups in total.